The molecule has 1 aromatic heterocycles. The first-order valence-electron chi connectivity index (χ1n) is 5.61. The number of likely N-dealkylation sites (N-methyl/N-ethyl adjacent to an activating group) is 1. The van der Waals surface area contributed by atoms with E-state index < -0.39 is 0 Å². The van der Waals surface area contributed by atoms with E-state index in [9.17, 15) is 4.79 Å². The first kappa shape index (κ1) is 13.4. The number of aryl methyl sites for hydroxylation is 1. The third-order valence-corrected chi connectivity index (χ3v) is 2.42. The maximum atomic E-state index is 12.0. The Morgan fingerprint density at radius 1 is 1.59 bits per heavy atom. The molecule has 94 valence electrons. The van der Waals surface area contributed by atoms with E-state index in [-0.39, 0.29) is 5.91 Å². The Balaban J connectivity index is 2.68. The molecule has 2 N–H and O–H groups in total. The van der Waals surface area contributed by atoms with Gasteiger partial charge in [-0.1, -0.05) is 0 Å². The van der Waals surface area contributed by atoms with Crippen molar-refractivity contribution in [3.05, 3.63) is 23.5 Å². The monoisotopic (exact) mass is 237 g/mol. The molecule has 1 aromatic rings. The second-order valence-electron chi connectivity index (χ2n) is 3.84. The Bertz CT molecular complexity index is 393. The number of nitrogen functional groups attached to an aromatic ring is 1. The normalized spacial score (nSPS) is 10.3. The number of nitrogens with two attached hydrogens (primary N) is 1. The van der Waals surface area contributed by atoms with Gasteiger partial charge in [0.15, 0.2) is 0 Å². The van der Waals surface area contributed by atoms with Gasteiger partial charge in [0.05, 0.1) is 12.2 Å². The summed E-state index contributed by atoms with van der Waals surface area (Å²) in [6.07, 6.45) is 1.52. The number of ether oxygens (including phenoxy) is 1. The summed E-state index contributed by atoms with van der Waals surface area (Å²) in [7, 11) is 1.72. The number of hydrogen-bond acceptors (Lipinski definition) is 4. The van der Waals surface area contributed by atoms with Crippen molar-refractivity contribution in [2.24, 2.45) is 0 Å². The lowest BCUT2D eigenvalue weighted by atomic mass is 10.2. The third-order valence-electron chi connectivity index (χ3n) is 2.42. The van der Waals surface area contributed by atoms with Gasteiger partial charge < -0.3 is 15.4 Å². The number of carbonyl (C=O) groups is 1. The Morgan fingerprint density at radius 3 is 2.88 bits per heavy atom. The number of hydrogen-bond donors (Lipinski definition) is 1. The van der Waals surface area contributed by atoms with E-state index in [1.54, 1.807) is 18.0 Å². The van der Waals surface area contributed by atoms with Gasteiger partial charge in [-0.05, 0) is 19.9 Å². The number of nitrogens with zero attached hydrogens (tertiary/aromatic N) is 2. The van der Waals surface area contributed by atoms with Crippen molar-refractivity contribution in [2.45, 2.75) is 13.8 Å². The molecule has 0 spiro atoms. The molecule has 0 aliphatic rings. The van der Waals surface area contributed by atoms with Gasteiger partial charge in [-0.15, -0.1) is 0 Å². The van der Waals surface area contributed by atoms with Crippen LogP contribution in [0.25, 0.3) is 0 Å². The van der Waals surface area contributed by atoms with Crippen molar-refractivity contribution >= 4 is 11.6 Å². The summed E-state index contributed by atoms with van der Waals surface area (Å²) in [6.45, 7) is 5.47. The molecular weight excluding hydrogens is 218 g/mol. The predicted octanol–water partition coefficient (Wildman–Crippen LogP) is 1.08. The smallest absolute Gasteiger partial charge is 0.257 e. The van der Waals surface area contributed by atoms with Crippen LogP contribution in [0.2, 0.25) is 0 Å². The van der Waals surface area contributed by atoms with E-state index in [0.29, 0.717) is 31.0 Å². The Hall–Kier alpha value is -1.62. The molecule has 0 aromatic carbocycles. The van der Waals surface area contributed by atoms with Gasteiger partial charge in [-0.2, -0.15) is 0 Å². The van der Waals surface area contributed by atoms with Crippen molar-refractivity contribution in [3.8, 4) is 0 Å². The van der Waals surface area contributed by atoms with Crippen LogP contribution in [0.1, 0.15) is 23.0 Å². The SMILES string of the molecule is CCOCCN(C)C(=O)c1cnc(C)cc1N. The van der Waals surface area contributed by atoms with Crippen LogP contribution in [0.3, 0.4) is 0 Å². The average Bonchev–Trinajstić information content (AvgIpc) is 2.28. The Morgan fingerprint density at radius 2 is 2.29 bits per heavy atom. The molecule has 0 fully saturated rings. The molecule has 0 atom stereocenters. The topological polar surface area (TPSA) is 68.5 Å². The van der Waals surface area contributed by atoms with Crippen molar-refractivity contribution in [2.75, 3.05) is 32.5 Å². The number of amides is 1. The standard InChI is InChI=1S/C12H19N3O2/c1-4-17-6-5-15(3)12(16)10-8-14-9(2)7-11(10)13/h7-8H,4-6H2,1-3H3,(H2,13,14). The summed E-state index contributed by atoms with van der Waals surface area (Å²) in [5.41, 5.74) is 7.50. The predicted molar refractivity (Wildman–Crippen MR) is 66.8 cm³/mol. The van der Waals surface area contributed by atoms with Crippen LogP contribution in [-0.4, -0.2) is 42.6 Å². The minimum atomic E-state index is -0.130. The van der Waals surface area contributed by atoms with E-state index in [4.69, 9.17) is 10.5 Å². The highest BCUT2D eigenvalue weighted by molar-refractivity contribution is 5.98. The molecule has 0 aliphatic heterocycles. The van der Waals surface area contributed by atoms with Gasteiger partial charge >= 0.3 is 0 Å². The van der Waals surface area contributed by atoms with Crippen molar-refractivity contribution in [3.63, 3.8) is 0 Å². The van der Waals surface area contributed by atoms with E-state index in [1.165, 1.54) is 6.20 Å². The van der Waals surface area contributed by atoms with Gasteiger partial charge in [0, 0.05) is 37.8 Å². The van der Waals surface area contributed by atoms with E-state index in [1.807, 2.05) is 13.8 Å². The van der Waals surface area contributed by atoms with Crippen LogP contribution in [0, 0.1) is 6.92 Å². The van der Waals surface area contributed by atoms with E-state index >= 15 is 0 Å². The van der Waals surface area contributed by atoms with Gasteiger partial charge in [0.25, 0.3) is 5.91 Å². The number of aromatic nitrogens is 1. The zero-order valence-corrected chi connectivity index (χ0v) is 10.6. The quantitative estimate of drug-likeness (QED) is 0.778. The van der Waals surface area contributed by atoms with E-state index in [0.717, 1.165) is 5.69 Å². The van der Waals surface area contributed by atoms with Crippen LogP contribution in [0.4, 0.5) is 5.69 Å². The lowest BCUT2D eigenvalue weighted by Crippen LogP contribution is -2.30. The largest absolute Gasteiger partial charge is 0.398 e. The molecule has 0 bridgehead atoms. The first-order valence-corrected chi connectivity index (χ1v) is 5.61. The highest BCUT2D eigenvalue weighted by atomic mass is 16.5. The van der Waals surface area contributed by atoms with Gasteiger partial charge in [-0.3, -0.25) is 9.78 Å². The van der Waals surface area contributed by atoms with Crippen molar-refractivity contribution < 1.29 is 9.53 Å². The number of anilines is 1. The lowest BCUT2D eigenvalue weighted by molar-refractivity contribution is 0.0710. The molecule has 17 heavy (non-hydrogen) atoms. The summed E-state index contributed by atoms with van der Waals surface area (Å²) in [5.74, 6) is -0.130. The van der Waals surface area contributed by atoms with Gasteiger partial charge in [0.1, 0.15) is 0 Å². The molecular formula is C12H19N3O2. The zero-order chi connectivity index (χ0) is 12.8. The molecule has 0 unspecified atom stereocenters. The van der Waals surface area contributed by atoms with Crippen LogP contribution in [0.5, 0.6) is 0 Å². The Labute approximate surface area is 102 Å². The molecule has 0 saturated carbocycles. The minimum absolute atomic E-state index is 0.130. The highest BCUT2D eigenvalue weighted by Crippen LogP contribution is 2.13. The average molecular weight is 237 g/mol. The van der Waals surface area contributed by atoms with Crippen molar-refractivity contribution in [1.82, 2.24) is 9.88 Å². The molecule has 1 heterocycles. The summed E-state index contributed by atoms with van der Waals surface area (Å²) in [5, 5.41) is 0. The number of carbonyl (C=O) groups excluding carboxylic acids is 1. The molecule has 0 radical (unpaired) electrons. The summed E-state index contributed by atoms with van der Waals surface area (Å²) in [6, 6.07) is 1.70. The molecule has 1 amide bonds. The third kappa shape index (κ3) is 3.71. The van der Waals surface area contributed by atoms with Gasteiger partial charge in [-0.25, -0.2) is 0 Å². The summed E-state index contributed by atoms with van der Waals surface area (Å²) in [4.78, 5) is 17.7. The first-order chi connectivity index (χ1) is 8.06. The van der Waals surface area contributed by atoms with Crippen LogP contribution in [0.15, 0.2) is 12.3 Å². The maximum absolute atomic E-state index is 12.0. The number of pyridine rings is 1. The second kappa shape index (κ2) is 6.20. The zero-order valence-electron chi connectivity index (χ0n) is 10.6. The second-order valence-corrected chi connectivity index (χ2v) is 3.84. The van der Waals surface area contributed by atoms with Gasteiger partial charge in [0.2, 0.25) is 0 Å². The fraction of sp³-hybridized carbons (Fsp3) is 0.500. The fourth-order valence-corrected chi connectivity index (χ4v) is 1.41. The highest BCUT2D eigenvalue weighted by Gasteiger charge is 2.14. The maximum Gasteiger partial charge on any atom is 0.257 e. The lowest BCUT2D eigenvalue weighted by Gasteiger charge is -2.17. The molecule has 0 saturated heterocycles. The molecule has 5 nitrogen and oxygen atoms in total. The Kier molecular flexibility index (Phi) is 4.90. The molecule has 1 rings (SSSR count). The number of rotatable bonds is 5. The molecule has 5 heteroatoms. The van der Waals surface area contributed by atoms with Crippen molar-refractivity contribution in [1.29, 1.82) is 0 Å². The minimum Gasteiger partial charge on any atom is -0.398 e. The fourth-order valence-electron chi connectivity index (χ4n) is 1.41. The summed E-state index contributed by atoms with van der Waals surface area (Å²) >= 11 is 0. The van der Waals surface area contributed by atoms with Crippen LogP contribution in [-0.2, 0) is 4.74 Å². The summed E-state index contributed by atoms with van der Waals surface area (Å²) < 4.78 is 5.20. The molecule has 0 aliphatic carbocycles. The van der Waals surface area contributed by atoms with Crippen LogP contribution < -0.4 is 5.73 Å². The van der Waals surface area contributed by atoms with E-state index in [2.05, 4.69) is 4.98 Å². The van der Waals surface area contributed by atoms with Crippen LogP contribution >= 0.6 is 0 Å².